The van der Waals surface area contributed by atoms with Gasteiger partial charge in [-0.25, -0.2) is 0 Å². The third kappa shape index (κ3) is 6.13. The molecule has 0 atom stereocenters. The topological polar surface area (TPSA) is 77.7 Å². The normalized spacial score (nSPS) is 26.8. The summed E-state index contributed by atoms with van der Waals surface area (Å²) in [5, 5.41) is 4.29. The third-order valence-electron chi connectivity index (χ3n) is 10.7. The second-order valence-electron chi connectivity index (χ2n) is 14.2. The summed E-state index contributed by atoms with van der Waals surface area (Å²) in [6, 6.07) is 16.8. The van der Waals surface area contributed by atoms with Gasteiger partial charge < -0.3 is 18.9 Å². The summed E-state index contributed by atoms with van der Waals surface area (Å²) in [7, 11) is 1.78. The molecule has 4 fully saturated rings. The monoisotopic (exact) mass is 598 g/mol. The summed E-state index contributed by atoms with van der Waals surface area (Å²) >= 11 is 0. The lowest BCUT2D eigenvalue weighted by Gasteiger charge is -2.53. The van der Waals surface area contributed by atoms with Gasteiger partial charge in [0.2, 0.25) is 17.6 Å². The molecule has 0 aliphatic heterocycles. The molecule has 7 nitrogen and oxygen atoms in total. The maximum absolute atomic E-state index is 14.4. The van der Waals surface area contributed by atoms with Crippen molar-refractivity contribution in [1.82, 2.24) is 10.1 Å². The Bertz CT molecular complexity index is 1410. The predicted molar refractivity (Wildman–Crippen MR) is 173 cm³/mol. The number of amides is 1. The molecule has 4 aliphatic carbocycles. The van der Waals surface area contributed by atoms with Gasteiger partial charge in [0.15, 0.2) is 5.41 Å². The summed E-state index contributed by atoms with van der Waals surface area (Å²) < 4.78 is 17.1. The molecule has 0 saturated heterocycles. The van der Waals surface area contributed by atoms with E-state index in [-0.39, 0.29) is 34.2 Å². The average Bonchev–Trinajstić information content (AvgIpc) is 3.58. The van der Waals surface area contributed by atoms with E-state index in [1.165, 1.54) is 0 Å². The van der Waals surface area contributed by atoms with Crippen LogP contribution in [0.4, 0.5) is 5.69 Å². The summed E-state index contributed by atoms with van der Waals surface area (Å²) in [6.45, 7) is 11.6. The zero-order valence-electron chi connectivity index (χ0n) is 26.9. The molecule has 1 heterocycles. The number of fused-ring (bicyclic) bond motifs is 3. The molecule has 4 saturated carbocycles. The van der Waals surface area contributed by atoms with Crippen LogP contribution in [-0.4, -0.2) is 42.4 Å². The first-order chi connectivity index (χ1) is 21.1. The fourth-order valence-electron chi connectivity index (χ4n) is 7.70. The highest BCUT2D eigenvalue weighted by molar-refractivity contribution is 5.96. The Hall–Kier alpha value is -3.32. The first-order valence-electron chi connectivity index (χ1n) is 16.5. The van der Waals surface area contributed by atoms with E-state index < -0.39 is 0 Å². The van der Waals surface area contributed by atoms with Gasteiger partial charge in [0, 0.05) is 30.7 Å². The van der Waals surface area contributed by atoms with Crippen LogP contribution in [0.15, 0.2) is 53.1 Å². The minimum absolute atomic E-state index is 0.0287. The van der Waals surface area contributed by atoms with E-state index in [1.54, 1.807) is 7.11 Å². The molecule has 0 N–H and O–H groups in total. The van der Waals surface area contributed by atoms with Crippen molar-refractivity contribution < 1.29 is 18.8 Å². The van der Waals surface area contributed by atoms with Crippen molar-refractivity contribution >= 4 is 11.6 Å². The first-order valence-corrected chi connectivity index (χ1v) is 16.5. The number of carbonyl (C=O) groups excluding carboxylic acids is 1. The Morgan fingerprint density at radius 3 is 2.27 bits per heavy atom. The Morgan fingerprint density at radius 2 is 1.68 bits per heavy atom. The van der Waals surface area contributed by atoms with Gasteiger partial charge in [0.25, 0.3) is 0 Å². The Balaban J connectivity index is 1.25. The lowest BCUT2D eigenvalue weighted by atomic mass is 9.53. The van der Waals surface area contributed by atoms with Gasteiger partial charge in [-0.1, -0.05) is 29.4 Å². The lowest BCUT2D eigenvalue weighted by Crippen LogP contribution is -2.52. The van der Waals surface area contributed by atoms with E-state index in [2.05, 4.69) is 53.4 Å². The van der Waals surface area contributed by atoms with Crippen LogP contribution in [0.25, 0.3) is 11.1 Å². The summed E-state index contributed by atoms with van der Waals surface area (Å²) in [5.74, 6) is 2.62. The number of rotatable bonds is 10. The van der Waals surface area contributed by atoms with Crippen LogP contribution in [0.2, 0.25) is 0 Å². The summed E-state index contributed by atoms with van der Waals surface area (Å²) in [4.78, 5) is 21.4. The van der Waals surface area contributed by atoms with Gasteiger partial charge in [-0.15, -0.1) is 0 Å². The Morgan fingerprint density at radius 1 is 1.00 bits per heavy atom. The fraction of sp³-hybridized carbons (Fsp3) is 0.568. The number of aromatic nitrogens is 2. The number of anilines is 1. The number of hydrogen-bond donors (Lipinski definition) is 0. The highest BCUT2D eigenvalue weighted by Crippen LogP contribution is 2.58. The molecule has 4 aliphatic rings. The van der Waals surface area contributed by atoms with Crippen LogP contribution in [0.5, 0.6) is 5.75 Å². The largest absolute Gasteiger partial charge is 0.494 e. The molecule has 44 heavy (non-hydrogen) atoms. The molecule has 1 aromatic heterocycles. The van der Waals surface area contributed by atoms with Crippen LogP contribution in [-0.2, 0) is 20.4 Å². The molecule has 1 amide bonds. The van der Waals surface area contributed by atoms with Crippen LogP contribution in [0.3, 0.4) is 0 Å². The number of carbonyl (C=O) groups is 1. The fourth-order valence-corrected chi connectivity index (χ4v) is 7.70. The van der Waals surface area contributed by atoms with Crippen LogP contribution in [0, 0.1) is 18.3 Å². The average molecular weight is 599 g/mol. The van der Waals surface area contributed by atoms with E-state index in [1.807, 2.05) is 32.9 Å². The van der Waals surface area contributed by atoms with Gasteiger partial charge in [-0.05, 0) is 126 Å². The number of benzene rings is 2. The predicted octanol–water partition coefficient (Wildman–Crippen LogP) is 8.08. The molecule has 0 radical (unpaired) electrons. The second-order valence-corrected chi connectivity index (χ2v) is 14.2. The van der Waals surface area contributed by atoms with Crippen molar-refractivity contribution in [2.24, 2.45) is 11.3 Å². The van der Waals surface area contributed by atoms with Gasteiger partial charge in [-0.3, -0.25) is 4.79 Å². The SMILES string of the molecule is [CH2+]C(C)(C)c1noc(C23CCC(CN(C(=O)C4CCC(OC)CC4)c4cccc(-c5ccc(OCC)cc5)c4)(CC2)CC3)n1. The molecule has 234 valence electrons. The molecular weight excluding hydrogens is 550 g/mol. The lowest BCUT2D eigenvalue weighted by molar-refractivity contribution is -0.125. The Labute approximate surface area is 262 Å². The van der Waals surface area contributed by atoms with Crippen molar-refractivity contribution in [1.29, 1.82) is 0 Å². The highest BCUT2D eigenvalue weighted by atomic mass is 16.5. The molecule has 3 aromatic rings. The minimum atomic E-state index is -0.380. The number of nitrogens with zero attached hydrogens (tertiary/aromatic N) is 3. The van der Waals surface area contributed by atoms with Gasteiger partial charge in [-0.2, -0.15) is 4.98 Å². The Kier molecular flexibility index (Phi) is 8.53. The van der Waals surface area contributed by atoms with Gasteiger partial charge in [0.1, 0.15) is 5.75 Å². The van der Waals surface area contributed by atoms with Gasteiger partial charge >= 0.3 is 0 Å². The second kappa shape index (κ2) is 12.2. The maximum Gasteiger partial charge on any atom is 0.233 e. The van der Waals surface area contributed by atoms with Crippen molar-refractivity contribution in [3.63, 3.8) is 0 Å². The van der Waals surface area contributed by atoms with E-state index in [0.29, 0.717) is 12.4 Å². The summed E-state index contributed by atoms with van der Waals surface area (Å²) in [6.07, 6.45) is 10.1. The van der Waals surface area contributed by atoms with Crippen molar-refractivity contribution in [3.8, 4) is 16.9 Å². The standard InChI is InChI=1S/C37H48N3O4/c1-6-43-31-16-10-26(11-17-31)28-8-7-9-29(24-28)40(32(41)27-12-14-30(42-5)15-13-27)25-36-18-21-37(22-19-36,23-20-36)34-38-33(39-44-34)35(2,3)4/h7-11,16-17,24,27,30H,2,6,12-15,18-23,25H2,1,3-5H3/q+1. The zero-order valence-corrected chi connectivity index (χ0v) is 26.9. The minimum Gasteiger partial charge on any atom is -0.494 e. The third-order valence-corrected chi connectivity index (χ3v) is 10.7. The number of hydrogen-bond acceptors (Lipinski definition) is 6. The molecule has 7 rings (SSSR count). The molecule has 2 aromatic carbocycles. The summed E-state index contributed by atoms with van der Waals surface area (Å²) in [5.41, 5.74) is 2.87. The molecular formula is C37H48N3O4+. The van der Waals surface area contributed by atoms with Gasteiger partial charge in [0.05, 0.1) is 19.6 Å². The first kappa shape index (κ1) is 30.7. The van der Waals surface area contributed by atoms with E-state index in [4.69, 9.17) is 19.0 Å². The maximum atomic E-state index is 14.4. The van der Waals surface area contributed by atoms with E-state index in [0.717, 1.165) is 99.2 Å². The van der Waals surface area contributed by atoms with E-state index >= 15 is 0 Å². The smallest absolute Gasteiger partial charge is 0.233 e. The van der Waals surface area contributed by atoms with Crippen molar-refractivity contribution in [2.75, 3.05) is 25.2 Å². The molecule has 2 bridgehead atoms. The number of methoxy groups -OCH3 is 1. The molecule has 7 heteroatoms. The zero-order chi connectivity index (χ0) is 31.0. The molecule has 0 unspecified atom stereocenters. The van der Waals surface area contributed by atoms with E-state index in [9.17, 15) is 4.79 Å². The van der Waals surface area contributed by atoms with Crippen LogP contribution >= 0.6 is 0 Å². The number of ether oxygens (including phenoxy) is 2. The van der Waals surface area contributed by atoms with Crippen molar-refractivity contribution in [2.45, 2.75) is 102 Å². The highest BCUT2D eigenvalue weighted by Gasteiger charge is 2.53. The van der Waals surface area contributed by atoms with Crippen LogP contribution < -0.4 is 9.64 Å². The van der Waals surface area contributed by atoms with Crippen molar-refractivity contribution in [3.05, 3.63) is 67.2 Å². The van der Waals surface area contributed by atoms with Crippen LogP contribution in [0.1, 0.15) is 96.7 Å². The quantitative estimate of drug-likeness (QED) is 0.220. The molecule has 0 spiro atoms.